The third-order valence-electron chi connectivity index (χ3n) is 3.81. The van der Waals surface area contributed by atoms with Gasteiger partial charge in [0.25, 0.3) is 0 Å². The molecule has 0 aliphatic heterocycles. The molecule has 0 amide bonds. The average Bonchev–Trinajstić information content (AvgIpc) is 3.11. The van der Waals surface area contributed by atoms with Crippen molar-refractivity contribution in [1.82, 2.24) is 5.32 Å². The maximum Gasteiger partial charge on any atom is 0.119 e. The van der Waals surface area contributed by atoms with E-state index in [4.69, 9.17) is 9.15 Å². The van der Waals surface area contributed by atoms with Gasteiger partial charge in [-0.2, -0.15) is 0 Å². The summed E-state index contributed by atoms with van der Waals surface area (Å²) in [7, 11) is 3.74. The van der Waals surface area contributed by atoms with Gasteiger partial charge in [-0.1, -0.05) is 6.07 Å². The Kier molecular flexibility index (Phi) is 4.03. The number of hydrogen-bond donors (Lipinski definition) is 1. The molecule has 2 aromatic rings. The van der Waals surface area contributed by atoms with Crippen molar-refractivity contribution in [2.24, 2.45) is 0 Å². The summed E-state index contributed by atoms with van der Waals surface area (Å²) in [6, 6.07) is 10.7. The van der Waals surface area contributed by atoms with Crippen LogP contribution in [0.15, 0.2) is 41.0 Å². The smallest absolute Gasteiger partial charge is 0.119 e. The summed E-state index contributed by atoms with van der Waals surface area (Å²) < 4.78 is 10.8. The van der Waals surface area contributed by atoms with Crippen molar-refractivity contribution in [3.63, 3.8) is 0 Å². The summed E-state index contributed by atoms with van der Waals surface area (Å²) in [5, 5.41) is 3.98. The number of thioether (sulfide) groups is 1. The summed E-state index contributed by atoms with van der Waals surface area (Å²) in [4.78, 5) is 0. The Morgan fingerprint density at radius 1 is 1.40 bits per heavy atom. The molecule has 1 N–H and O–H groups in total. The van der Waals surface area contributed by atoms with Crippen molar-refractivity contribution in [2.45, 2.75) is 23.5 Å². The second kappa shape index (κ2) is 5.94. The Morgan fingerprint density at radius 3 is 3.00 bits per heavy atom. The first-order chi connectivity index (χ1) is 9.81. The summed E-state index contributed by atoms with van der Waals surface area (Å²) in [5.41, 5.74) is 2.78. The van der Waals surface area contributed by atoms with Gasteiger partial charge in [0.05, 0.1) is 19.1 Å². The second-order valence-electron chi connectivity index (χ2n) is 4.96. The Morgan fingerprint density at radius 2 is 2.30 bits per heavy atom. The van der Waals surface area contributed by atoms with E-state index in [2.05, 4.69) is 17.4 Å². The third kappa shape index (κ3) is 2.58. The highest BCUT2D eigenvalue weighted by molar-refractivity contribution is 7.99. The van der Waals surface area contributed by atoms with Gasteiger partial charge in [-0.3, -0.25) is 0 Å². The van der Waals surface area contributed by atoms with Crippen LogP contribution < -0.4 is 10.1 Å². The molecule has 2 atom stereocenters. The van der Waals surface area contributed by atoms with Crippen molar-refractivity contribution in [1.29, 1.82) is 0 Å². The maximum absolute atomic E-state index is 5.41. The lowest BCUT2D eigenvalue weighted by molar-refractivity contribution is 0.413. The van der Waals surface area contributed by atoms with Gasteiger partial charge in [0, 0.05) is 11.3 Å². The molecule has 0 fully saturated rings. The van der Waals surface area contributed by atoms with E-state index in [1.54, 1.807) is 13.4 Å². The van der Waals surface area contributed by atoms with E-state index in [1.807, 2.05) is 37.0 Å². The molecule has 4 heteroatoms. The number of nitrogens with one attached hydrogen (secondary N) is 1. The lowest BCUT2D eigenvalue weighted by atomic mass is 10.1. The quantitative estimate of drug-likeness (QED) is 0.915. The average molecular weight is 289 g/mol. The number of fused-ring (bicyclic) bond motifs is 1. The van der Waals surface area contributed by atoms with Crippen LogP contribution in [0.25, 0.3) is 0 Å². The lowest BCUT2D eigenvalue weighted by Crippen LogP contribution is -2.23. The first-order valence-corrected chi connectivity index (χ1v) is 7.84. The van der Waals surface area contributed by atoms with Gasteiger partial charge in [0.1, 0.15) is 11.5 Å². The molecule has 1 heterocycles. The summed E-state index contributed by atoms with van der Waals surface area (Å²) >= 11 is 1.95. The van der Waals surface area contributed by atoms with Crippen LogP contribution >= 0.6 is 11.8 Å². The van der Waals surface area contributed by atoms with Gasteiger partial charge in [-0.25, -0.2) is 0 Å². The van der Waals surface area contributed by atoms with Crippen LogP contribution in [-0.4, -0.2) is 19.4 Å². The van der Waals surface area contributed by atoms with E-state index in [1.165, 1.54) is 11.1 Å². The van der Waals surface area contributed by atoms with E-state index in [0.29, 0.717) is 11.3 Å². The highest BCUT2D eigenvalue weighted by Crippen LogP contribution is 2.40. The van der Waals surface area contributed by atoms with E-state index in [-0.39, 0.29) is 0 Å². The topological polar surface area (TPSA) is 34.4 Å². The number of hydrogen-bond acceptors (Lipinski definition) is 4. The van der Waals surface area contributed by atoms with E-state index < -0.39 is 0 Å². The molecule has 0 saturated carbocycles. The molecule has 106 valence electrons. The standard InChI is InChI=1S/C16H19NO2S/c1-17-16-14-9-12(18-2)6-5-11(14)8-15(16)20-10-13-4-3-7-19-13/h3-7,9,15-17H,8,10H2,1-2H3. The van der Waals surface area contributed by atoms with Gasteiger partial charge in [0.2, 0.25) is 0 Å². The summed E-state index contributed by atoms with van der Waals surface area (Å²) in [5.74, 6) is 2.89. The fourth-order valence-electron chi connectivity index (χ4n) is 2.79. The molecule has 0 radical (unpaired) electrons. The Balaban J connectivity index is 1.74. The summed E-state index contributed by atoms with van der Waals surface area (Å²) in [6.45, 7) is 0. The molecule has 0 saturated heterocycles. The first-order valence-electron chi connectivity index (χ1n) is 6.80. The minimum Gasteiger partial charge on any atom is -0.497 e. The molecular weight excluding hydrogens is 270 g/mol. The number of furan rings is 1. The molecule has 1 aromatic carbocycles. The van der Waals surface area contributed by atoms with Crippen molar-refractivity contribution in [2.75, 3.05) is 14.2 Å². The van der Waals surface area contributed by atoms with Crippen molar-refractivity contribution in [3.05, 3.63) is 53.5 Å². The zero-order valence-electron chi connectivity index (χ0n) is 11.8. The Hall–Kier alpha value is -1.39. The minimum absolute atomic E-state index is 0.375. The van der Waals surface area contributed by atoms with Gasteiger partial charge >= 0.3 is 0 Å². The van der Waals surface area contributed by atoms with Crippen LogP contribution in [0.5, 0.6) is 5.75 Å². The minimum atomic E-state index is 0.375. The zero-order chi connectivity index (χ0) is 13.9. The van der Waals surface area contributed by atoms with Gasteiger partial charge in [-0.05, 0) is 48.9 Å². The maximum atomic E-state index is 5.41. The van der Waals surface area contributed by atoms with E-state index >= 15 is 0 Å². The first kappa shape index (κ1) is 13.6. The van der Waals surface area contributed by atoms with Gasteiger partial charge in [-0.15, -0.1) is 11.8 Å². The highest BCUT2D eigenvalue weighted by Gasteiger charge is 2.32. The van der Waals surface area contributed by atoms with Crippen LogP contribution in [0.2, 0.25) is 0 Å². The molecule has 3 nitrogen and oxygen atoms in total. The molecule has 2 unspecified atom stereocenters. The zero-order valence-corrected chi connectivity index (χ0v) is 12.6. The highest BCUT2D eigenvalue weighted by atomic mass is 32.2. The molecule has 1 aromatic heterocycles. The van der Waals surface area contributed by atoms with Crippen LogP contribution in [-0.2, 0) is 12.2 Å². The van der Waals surface area contributed by atoms with Crippen LogP contribution in [0.4, 0.5) is 0 Å². The van der Waals surface area contributed by atoms with E-state index in [0.717, 1.165) is 23.7 Å². The van der Waals surface area contributed by atoms with Gasteiger partial charge in [0.15, 0.2) is 0 Å². The third-order valence-corrected chi connectivity index (χ3v) is 5.13. The normalized spacial score (nSPS) is 20.9. The number of methoxy groups -OCH3 is 1. The molecule has 0 bridgehead atoms. The Bertz CT molecular complexity index is 568. The van der Waals surface area contributed by atoms with Gasteiger partial charge < -0.3 is 14.5 Å². The SMILES string of the molecule is CNC1c2cc(OC)ccc2CC1SCc1ccco1. The molecule has 1 aliphatic rings. The Labute approximate surface area is 123 Å². The van der Waals surface area contributed by atoms with Crippen molar-refractivity contribution >= 4 is 11.8 Å². The fraction of sp³-hybridized carbons (Fsp3) is 0.375. The summed E-state index contributed by atoms with van der Waals surface area (Å²) in [6.07, 6.45) is 2.83. The lowest BCUT2D eigenvalue weighted by Gasteiger charge is -2.19. The second-order valence-corrected chi connectivity index (χ2v) is 6.19. The van der Waals surface area contributed by atoms with Crippen LogP contribution in [0, 0.1) is 0 Å². The molecule has 20 heavy (non-hydrogen) atoms. The molecule has 0 spiro atoms. The fourth-order valence-corrected chi connectivity index (χ4v) is 4.11. The van der Waals surface area contributed by atoms with Crippen LogP contribution in [0.3, 0.4) is 0 Å². The molecular formula is C16H19NO2S. The monoisotopic (exact) mass is 289 g/mol. The predicted octanol–water partition coefficient (Wildman–Crippen LogP) is 3.41. The largest absolute Gasteiger partial charge is 0.497 e. The van der Waals surface area contributed by atoms with E-state index in [9.17, 15) is 0 Å². The molecule has 3 rings (SSSR count). The van der Waals surface area contributed by atoms with Crippen LogP contribution in [0.1, 0.15) is 22.9 Å². The molecule has 1 aliphatic carbocycles. The van der Waals surface area contributed by atoms with Crippen molar-refractivity contribution < 1.29 is 9.15 Å². The number of benzene rings is 1. The number of rotatable bonds is 5. The van der Waals surface area contributed by atoms with Crippen molar-refractivity contribution in [3.8, 4) is 5.75 Å². The number of ether oxygens (including phenoxy) is 1. The predicted molar refractivity (Wildman–Crippen MR) is 82.3 cm³/mol.